The van der Waals surface area contributed by atoms with Gasteiger partial charge in [0, 0.05) is 13.2 Å². The van der Waals surface area contributed by atoms with E-state index in [0.29, 0.717) is 13.2 Å². The fraction of sp³-hybridized carbons (Fsp3) is 0.933. The molecule has 0 aliphatic rings. The third-order valence-electron chi connectivity index (χ3n) is 2.79. The van der Waals surface area contributed by atoms with Crippen LogP contribution in [0.15, 0.2) is 0 Å². The molecule has 0 aromatic carbocycles. The molecule has 0 spiro atoms. The molecule has 0 aliphatic heterocycles. The normalized spacial score (nSPS) is 13.3. The summed E-state index contributed by atoms with van der Waals surface area (Å²) in [7, 11) is 0. The Morgan fingerprint density at radius 3 is 2.52 bits per heavy atom. The van der Waals surface area contributed by atoms with Crippen LogP contribution in [0.2, 0.25) is 0 Å². The van der Waals surface area contributed by atoms with E-state index in [2.05, 4.69) is 5.32 Å². The molecule has 0 radical (unpaired) electrons. The highest BCUT2D eigenvalue weighted by molar-refractivity contribution is 5.67. The maximum Gasteiger partial charge on any atom is 0.407 e. The van der Waals surface area contributed by atoms with Gasteiger partial charge in [-0.1, -0.05) is 0 Å². The van der Waals surface area contributed by atoms with Crippen LogP contribution in [0.1, 0.15) is 47.5 Å². The van der Waals surface area contributed by atoms with E-state index in [9.17, 15) is 9.90 Å². The molecule has 2 N–H and O–H groups in total. The fourth-order valence-corrected chi connectivity index (χ4v) is 1.74. The Morgan fingerprint density at radius 1 is 1.29 bits per heavy atom. The minimum Gasteiger partial charge on any atom is -0.447 e. The number of nitrogens with one attached hydrogen (secondary N) is 1. The van der Waals surface area contributed by atoms with Crippen LogP contribution in [0.3, 0.4) is 0 Å². The lowest BCUT2D eigenvalue weighted by molar-refractivity contribution is -0.0216. The Morgan fingerprint density at radius 2 is 1.95 bits per heavy atom. The standard InChI is InChI=1S/C15H31NO5/c1-6-21-15(4,5)8-7-9-16-14(18)20-11-13(17)10-19-12(2)3/h12-13,17H,6-11H2,1-5H3,(H,16,18). The van der Waals surface area contributed by atoms with E-state index in [1.165, 1.54) is 0 Å². The molecular weight excluding hydrogens is 274 g/mol. The van der Waals surface area contributed by atoms with Crippen LogP contribution in [0.25, 0.3) is 0 Å². The lowest BCUT2D eigenvalue weighted by atomic mass is 10.0. The first-order chi connectivity index (χ1) is 9.76. The van der Waals surface area contributed by atoms with Gasteiger partial charge in [0.2, 0.25) is 0 Å². The number of carbonyl (C=O) groups is 1. The number of ether oxygens (including phenoxy) is 3. The average molecular weight is 305 g/mol. The van der Waals surface area contributed by atoms with E-state index in [1.807, 2.05) is 34.6 Å². The van der Waals surface area contributed by atoms with Gasteiger partial charge >= 0.3 is 6.09 Å². The molecule has 6 nitrogen and oxygen atoms in total. The van der Waals surface area contributed by atoms with Gasteiger partial charge in [0.1, 0.15) is 12.7 Å². The van der Waals surface area contributed by atoms with Gasteiger partial charge in [-0.25, -0.2) is 4.79 Å². The molecule has 0 rings (SSSR count). The minimum absolute atomic E-state index is 0.0437. The van der Waals surface area contributed by atoms with Crippen molar-refractivity contribution in [3.8, 4) is 0 Å². The number of alkyl carbamates (subject to hydrolysis) is 1. The highest BCUT2D eigenvalue weighted by Gasteiger charge is 2.17. The van der Waals surface area contributed by atoms with Gasteiger partial charge in [-0.05, 0) is 47.5 Å². The molecule has 0 aliphatic carbocycles. The summed E-state index contributed by atoms with van der Waals surface area (Å²) in [5.74, 6) is 0. The maximum absolute atomic E-state index is 11.4. The van der Waals surface area contributed by atoms with Gasteiger partial charge in [-0.3, -0.25) is 0 Å². The van der Waals surface area contributed by atoms with Gasteiger partial charge in [0.15, 0.2) is 0 Å². The molecular formula is C15H31NO5. The van der Waals surface area contributed by atoms with E-state index in [0.717, 1.165) is 12.8 Å². The fourth-order valence-electron chi connectivity index (χ4n) is 1.74. The number of aliphatic hydroxyl groups excluding tert-OH is 1. The molecule has 6 heteroatoms. The molecule has 0 bridgehead atoms. The smallest absolute Gasteiger partial charge is 0.407 e. The molecule has 0 fully saturated rings. The summed E-state index contributed by atoms with van der Waals surface area (Å²) >= 11 is 0. The lowest BCUT2D eigenvalue weighted by Gasteiger charge is -2.24. The zero-order valence-electron chi connectivity index (χ0n) is 14.0. The van der Waals surface area contributed by atoms with Crippen LogP contribution >= 0.6 is 0 Å². The Labute approximate surface area is 128 Å². The van der Waals surface area contributed by atoms with Crippen LogP contribution in [-0.4, -0.2) is 55.4 Å². The van der Waals surface area contributed by atoms with E-state index in [1.54, 1.807) is 0 Å². The predicted molar refractivity (Wildman–Crippen MR) is 81.4 cm³/mol. The second kappa shape index (κ2) is 10.8. The van der Waals surface area contributed by atoms with Crippen molar-refractivity contribution < 1.29 is 24.1 Å². The van der Waals surface area contributed by atoms with Crippen LogP contribution in [0, 0.1) is 0 Å². The molecule has 0 aromatic heterocycles. The molecule has 0 saturated heterocycles. The van der Waals surface area contributed by atoms with Crippen molar-refractivity contribution in [1.29, 1.82) is 0 Å². The number of hydrogen-bond acceptors (Lipinski definition) is 5. The summed E-state index contributed by atoms with van der Waals surface area (Å²) in [6.07, 6.45) is 0.387. The van der Waals surface area contributed by atoms with Gasteiger partial charge in [0.25, 0.3) is 0 Å². The molecule has 1 amide bonds. The van der Waals surface area contributed by atoms with Crippen molar-refractivity contribution in [1.82, 2.24) is 5.32 Å². The summed E-state index contributed by atoms with van der Waals surface area (Å²) in [4.78, 5) is 11.4. The first kappa shape index (κ1) is 20.1. The number of amides is 1. The van der Waals surface area contributed by atoms with Crippen LogP contribution in [0.4, 0.5) is 4.79 Å². The van der Waals surface area contributed by atoms with Gasteiger partial charge < -0.3 is 24.6 Å². The summed E-state index contributed by atoms with van der Waals surface area (Å²) in [5, 5.41) is 12.2. The molecule has 1 unspecified atom stereocenters. The number of hydrogen-bond donors (Lipinski definition) is 2. The zero-order chi connectivity index (χ0) is 16.3. The molecule has 0 heterocycles. The van der Waals surface area contributed by atoms with Crippen molar-refractivity contribution >= 4 is 6.09 Å². The number of carbonyl (C=O) groups excluding carboxylic acids is 1. The second-order valence-corrected chi connectivity index (χ2v) is 5.86. The van der Waals surface area contributed by atoms with Crippen molar-refractivity contribution in [3.63, 3.8) is 0 Å². The molecule has 0 saturated carbocycles. The highest BCUT2D eigenvalue weighted by Crippen LogP contribution is 2.15. The summed E-state index contributed by atoms with van der Waals surface area (Å²) in [5.41, 5.74) is -0.176. The molecule has 1 atom stereocenters. The summed E-state index contributed by atoms with van der Waals surface area (Å²) in [6.45, 7) is 11.1. The van der Waals surface area contributed by atoms with Gasteiger partial charge in [-0.2, -0.15) is 0 Å². The van der Waals surface area contributed by atoms with Crippen LogP contribution in [0.5, 0.6) is 0 Å². The van der Waals surface area contributed by atoms with Gasteiger partial charge in [0.05, 0.1) is 18.3 Å². The topological polar surface area (TPSA) is 77.0 Å². The van der Waals surface area contributed by atoms with E-state index >= 15 is 0 Å². The third-order valence-corrected chi connectivity index (χ3v) is 2.79. The quantitative estimate of drug-likeness (QED) is 0.572. The van der Waals surface area contributed by atoms with E-state index < -0.39 is 12.2 Å². The molecule has 126 valence electrons. The molecule has 0 aromatic rings. The third kappa shape index (κ3) is 12.6. The SMILES string of the molecule is CCOC(C)(C)CCCNC(=O)OCC(O)COC(C)C. The average Bonchev–Trinajstić information content (AvgIpc) is 2.39. The van der Waals surface area contributed by atoms with Crippen LogP contribution in [-0.2, 0) is 14.2 Å². The molecule has 21 heavy (non-hydrogen) atoms. The van der Waals surface area contributed by atoms with Crippen molar-refractivity contribution in [3.05, 3.63) is 0 Å². The second-order valence-electron chi connectivity index (χ2n) is 5.86. The minimum atomic E-state index is -0.796. The lowest BCUT2D eigenvalue weighted by Crippen LogP contribution is -2.32. The summed E-state index contributed by atoms with van der Waals surface area (Å²) in [6, 6.07) is 0. The Hall–Kier alpha value is -0.850. The number of aliphatic hydroxyl groups is 1. The van der Waals surface area contributed by atoms with E-state index in [4.69, 9.17) is 14.2 Å². The van der Waals surface area contributed by atoms with E-state index in [-0.39, 0.29) is 24.9 Å². The monoisotopic (exact) mass is 305 g/mol. The first-order valence-electron chi connectivity index (χ1n) is 7.61. The zero-order valence-corrected chi connectivity index (χ0v) is 14.0. The van der Waals surface area contributed by atoms with Gasteiger partial charge in [-0.15, -0.1) is 0 Å². The maximum atomic E-state index is 11.4. The first-order valence-corrected chi connectivity index (χ1v) is 7.61. The highest BCUT2D eigenvalue weighted by atomic mass is 16.6. The predicted octanol–water partition coefficient (Wildman–Crippen LogP) is 2.09. The summed E-state index contributed by atoms with van der Waals surface area (Å²) < 4.78 is 15.7. The van der Waals surface area contributed by atoms with Crippen molar-refractivity contribution in [2.24, 2.45) is 0 Å². The van der Waals surface area contributed by atoms with Crippen LogP contribution < -0.4 is 5.32 Å². The Balaban J connectivity index is 3.63. The Kier molecular flexibility index (Phi) is 10.4. The largest absolute Gasteiger partial charge is 0.447 e. The Bertz CT molecular complexity index is 281. The van der Waals surface area contributed by atoms with Crippen molar-refractivity contribution in [2.75, 3.05) is 26.4 Å². The number of rotatable bonds is 11. The van der Waals surface area contributed by atoms with Crippen molar-refractivity contribution in [2.45, 2.75) is 65.3 Å².